The largest absolute Gasteiger partial charge is 0.491 e. The molecule has 1 aliphatic heterocycles. The third kappa shape index (κ3) is 4.43. The second kappa shape index (κ2) is 8.53. The van der Waals surface area contributed by atoms with Gasteiger partial charge < -0.3 is 10.5 Å². The van der Waals surface area contributed by atoms with Crippen molar-refractivity contribution in [2.24, 2.45) is 10.2 Å². The molecule has 134 valence electrons. The Kier molecular flexibility index (Phi) is 5.91. The van der Waals surface area contributed by atoms with Crippen LogP contribution in [0.3, 0.4) is 0 Å². The van der Waals surface area contributed by atoms with Crippen LogP contribution in [-0.4, -0.2) is 29.1 Å². The van der Waals surface area contributed by atoms with E-state index in [-0.39, 0.29) is 5.91 Å². The van der Waals surface area contributed by atoms with E-state index in [0.717, 1.165) is 17.7 Å². The van der Waals surface area contributed by atoms with Crippen molar-refractivity contribution in [3.8, 4) is 5.75 Å². The lowest BCUT2D eigenvalue weighted by Gasteiger charge is -2.13. The number of nitrogen functional groups attached to an aromatic ring is 1. The number of nitrogens with one attached hydrogen (secondary N) is 1. The first-order valence-corrected chi connectivity index (χ1v) is 9.32. The van der Waals surface area contributed by atoms with Crippen molar-refractivity contribution in [3.63, 3.8) is 0 Å². The van der Waals surface area contributed by atoms with Crippen LogP contribution in [0.25, 0.3) is 0 Å². The molecule has 0 saturated carbocycles. The summed E-state index contributed by atoms with van der Waals surface area (Å²) in [5, 5.41) is 11.6. The minimum atomic E-state index is -0.275. The molecule has 0 atom stereocenters. The van der Waals surface area contributed by atoms with Crippen LogP contribution in [0.4, 0.5) is 5.69 Å². The maximum absolute atomic E-state index is 12.4. The SMILES string of the molecule is CCCOc1ccc(C(=O)NC2=NN=C(c3ccccc3)CS2)cc1N. The van der Waals surface area contributed by atoms with Gasteiger partial charge in [0.25, 0.3) is 5.91 Å². The van der Waals surface area contributed by atoms with Crippen LogP contribution in [0.15, 0.2) is 58.7 Å². The smallest absolute Gasteiger partial charge is 0.257 e. The average molecular weight is 368 g/mol. The fraction of sp³-hybridized carbons (Fsp3) is 0.211. The van der Waals surface area contributed by atoms with Gasteiger partial charge in [-0.3, -0.25) is 10.1 Å². The summed E-state index contributed by atoms with van der Waals surface area (Å²) in [4.78, 5) is 12.4. The second-order valence-electron chi connectivity index (χ2n) is 5.66. The van der Waals surface area contributed by atoms with Crippen molar-refractivity contribution in [1.82, 2.24) is 5.32 Å². The van der Waals surface area contributed by atoms with Crippen molar-refractivity contribution in [1.29, 1.82) is 0 Å². The zero-order chi connectivity index (χ0) is 18.4. The molecular formula is C19H20N4O2S. The Morgan fingerprint density at radius 1 is 1.23 bits per heavy atom. The molecule has 26 heavy (non-hydrogen) atoms. The van der Waals surface area contributed by atoms with E-state index in [4.69, 9.17) is 10.5 Å². The van der Waals surface area contributed by atoms with Crippen molar-refractivity contribution in [2.45, 2.75) is 13.3 Å². The molecule has 0 saturated heterocycles. The van der Waals surface area contributed by atoms with E-state index in [1.807, 2.05) is 37.3 Å². The molecule has 0 bridgehead atoms. The summed E-state index contributed by atoms with van der Waals surface area (Å²) in [7, 11) is 0. The molecule has 2 aromatic rings. The number of benzene rings is 2. The monoisotopic (exact) mass is 368 g/mol. The highest BCUT2D eigenvalue weighted by atomic mass is 32.2. The molecule has 3 rings (SSSR count). The molecule has 0 aromatic heterocycles. The minimum absolute atomic E-state index is 0.275. The number of nitrogens with two attached hydrogens (primary N) is 1. The highest BCUT2D eigenvalue weighted by Crippen LogP contribution is 2.23. The molecule has 0 spiro atoms. The predicted octanol–water partition coefficient (Wildman–Crippen LogP) is 3.29. The third-order valence-corrected chi connectivity index (χ3v) is 4.54. The van der Waals surface area contributed by atoms with E-state index >= 15 is 0 Å². The molecule has 0 aliphatic carbocycles. The molecule has 0 fully saturated rings. The molecule has 1 aliphatic rings. The number of amides is 1. The highest BCUT2D eigenvalue weighted by Gasteiger charge is 2.16. The van der Waals surface area contributed by atoms with Gasteiger partial charge in [-0.15, -0.1) is 5.10 Å². The van der Waals surface area contributed by atoms with E-state index in [1.165, 1.54) is 11.8 Å². The summed E-state index contributed by atoms with van der Waals surface area (Å²) in [5.74, 6) is 0.961. The van der Waals surface area contributed by atoms with Crippen molar-refractivity contribution in [2.75, 3.05) is 18.1 Å². The lowest BCUT2D eigenvalue weighted by Crippen LogP contribution is -2.30. The number of anilines is 1. The molecule has 7 heteroatoms. The quantitative estimate of drug-likeness (QED) is 0.793. The Balaban J connectivity index is 1.66. The van der Waals surface area contributed by atoms with Crippen LogP contribution in [0.1, 0.15) is 29.3 Å². The van der Waals surface area contributed by atoms with E-state index < -0.39 is 0 Å². The summed E-state index contributed by atoms with van der Waals surface area (Å²) in [6, 6.07) is 14.9. The molecule has 0 unspecified atom stereocenters. The number of hydrogen-bond donors (Lipinski definition) is 2. The topological polar surface area (TPSA) is 89.1 Å². The van der Waals surface area contributed by atoms with Crippen LogP contribution in [0, 0.1) is 0 Å². The van der Waals surface area contributed by atoms with Gasteiger partial charge in [-0.25, -0.2) is 0 Å². The molecule has 1 amide bonds. The van der Waals surface area contributed by atoms with Crippen molar-refractivity contribution >= 4 is 34.2 Å². The van der Waals surface area contributed by atoms with Crippen LogP contribution < -0.4 is 15.8 Å². The summed E-state index contributed by atoms with van der Waals surface area (Å²) in [5.41, 5.74) is 8.76. The third-order valence-electron chi connectivity index (χ3n) is 3.67. The molecule has 3 N–H and O–H groups in total. The molecule has 6 nitrogen and oxygen atoms in total. The first-order chi connectivity index (χ1) is 12.7. The summed E-state index contributed by atoms with van der Waals surface area (Å²) in [6.07, 6.45) is 0.893. The fourth-order valence-corrected chi connectivity index (χ4v) is 3.10. The zero-order valence-corrected chi connectivity index (χ0v) is 15.3. The van der Waals surface area contributed by atoms with Gasteiger partial charge in [-0.2, -0.15) is 5.10 Å². The Hall–Kier alpha value is -2.80. The predicted molar refractivity (Wildman–Crippen MR) is 107 cm³/mol. The Bertz CT molecular complexity index is 850. The number of hydrogen-bond acceptors (Lipinski definition) is 6. The lowest BCUT2D eigenvalue weighted by molar-refractivity contribution is 0.0978. The first-order valence-electron chi connectivity index (χ1n) is 8.33. The Morgan fingerprint density at radius 3 is 2.69 bits per heavy atom. The maximum Gasteiger partial charge on any atom is 0.257 e. The molecule has 2 aromatic carbocycles. The fourth-order valence-electron chi connectivity index (χ4n) is 2.34. The lowest BCUT2D eigenvalue weighted by atomic mass is 10.1. The van der Waals surface area contributed by atoms with Gasteiger partial charge >= 0.3 is 0 Å². The second-order valence-corrected chi connectivity index (χ2v) is 6.63. The van der Waals surface area contributed by atoms with Gasteiger partial charge in [0.05, 0.1) is 18.0 Å². The van der Waals surface area contributed by atoms with E-state index in [2.05, 4.69) is 15.5 Å². The van der Waals surface area contributed by atoms with Gasteiger partial charge in [-0.05, 0) is 30.2 Å². The van der Waals surface area contributed by atoms with Gasteiger partial charge in [0, 0.05) is 11.3 Å². The van der Waals surface area contributed by atoms with Crippen LogP contribution in [0.2, 0.25) is 0 Å². The highest BCUT2D eigenvalue weighted by molar-refractivity contribution is 8.14. The average Bonchev–Trinajstić information content (AvgIpc) is 2.68. The summed E-state index contributed by atoms with van der Waals surface area (Å²) < 4.78 is 5.52. The number of carbonyl (C=O) groups is 1. The number of ether oxygens (including phenoxy) is 1. The van der Waals surface area contributed by atoms with E-state index in [1.54, 1.807) is 18.2 Å². The number of nitrogens with zero attached hydrogens (tertiary/aromatic N) is 2. The minimum Gasteiger partial charge on any atom is -0.491 e. The number of carbonyl (C=O) groups excluding carboxylic acids is 1. The number of rotatable bonds is 5. The van der Waals surface area contributed by atoms with Crippen molar-refractivity contribution < 1.29 is 9.53 Å². The van der Waals surface area contributed by atoms with Crippen molar-refractivity contribution in [3.05, 3.63) is 59.7 Å². The zero-order valence-electron chi connectivity index (χ0n) is 14.4. The summed E-state index contributed by atoms with van der Waals surface area (Å²) >= 11 is 1.44. The van der Waals surface area contributed by atoms with Crippen LogP contribution in [-0.2, 0) is 0 Å². The first kappa shape index (κ1) is 18.0. The normalized spacial score (nSPS) is 13.6. The van der Waals surface area contributed by atoms with Crippen LogP contribution in [0.5, 0.6) is 5.75 Å². The van der Waals surface area contributed by atoms with Gasteiger partial charge in [0.1, 0.15) is 5.75 Å². The van der Waals surface area contributed by atoms with Gasteiger partial charge in [0.2, 0.25) is 0 Å². The number of thioether (sulfide) groups is 1. The van der Waals surface area contributed by atoms with E-state index in [9.17, 15) is 4.79 Å². The van der Waals surface area contributed by atoms with Gasteiger partial charge in [-0.1, -0.05) is 49.0 Å². The standard InChI is InChI=1S/C19H20N4O2S/c1-2-10-25-17-9-8-14(11-15(17)20)18(24)21-19-23-22-16(12-26-19)13-6-4-3-5-7-13/h3-9,11H,2,10,12,20H2,1H3,(H,21,23,24). The maximum atomic E-state index is 12.4. The van der Waals surface area contributed by atoms with Gasteiger partial charge in [0.15, 0.2) is 5.17 Å². The van der Waals surface area contributed by atoms with Crippen LogP contribution >= 0.6 is 11.8 Å². The van der Waals surface area contributed by atoms with E-state index in [0.29, 0.717) is 34.5 Å². The molecular weight excluding hydrogens is 348 g/mol. The Morgan fingerprint density at radius 2 is 2.04 bits per heavy atom. The molecule has 0 radical (unpaired) electrons. The summed E-state index contributed by atoms with van der Waals surface area (Å²) in [6.45, 7) is 2.61. The Labute approximate surface area is 156 Å². The number of amidine groups is 1. The molecule has 1 heterocycles.